The number of rotatable bonds is 2. The fourth-order valence-corrected chi connectivity index (χ4v) is 2.73. The minimum atomic E-state index is 0.286. The Balaban J connectivity index is 2.38. The maximum atomic E-state index is 3.77. The summed E-state index contributed by atoms with van der Waals surface area (Å²) in [6, 6.07) is 17.1. The average Bonchev–Trinajstić information content (AvgIpc) is 2.29. The van der Waals surface area contributed by atoms with Crippen LogP contribution in [0.2, 0.25) is 0 Å². The summed E-state index contributed by atoms with van der Waals surface area (Å²) in [5, 5.41) is 0. The van der Waals surface area contributed by atoms with Crippen LogP contribution in [0.1, 0.15) is 27.1 Å². The normalized spacial score (nSPS) is 12.4. The first-order valence-corrected chi connectivity index (χ1v) is 6.36. The number of aryl methyl sites for hydroxylation is 2. The van der Waals surface area contributed by atoms with Crippen molar-refractivity contribution in [1.29, 1.82) is 0 Å². The molecule has 1 unspecified atom stereocenters. The van der Waals surface area contributed by atoms with Gasteiger partial charge in [0.15, 0.2) is 0 Å². The molecule has 0 aromatic heterocycles. The van der Waals surface area contributed by atoms with Crippen LogP contribution in [-0.2, 0) is 0 Å². The highest BCUT2D eigenvalue weighted by Gasteiger charge is 2.11. The van der Waals surface area contributed by atoms with E-state index in [1.807, 2.05) is 6.07 Å². The highest BCUT2D eigenvalue weighted by Crippen LogP contribution is 2.32. The molecular weight excluding hydrogens is 260 g/mol. The third-order valence-corrected chi connectivity index (χ3v) is 3.81. The van der Waals surface area contributed by atoms with Gasteiger partial charge in [0.25, 0.3) is 0 Å². The van der Waals surface area contributed by atoms with Crippen LogP contribution in [0, 0.1) is 13.8 Å². The molecule has 82 valence electrons. The van der Waals surface area contributed by atoms with Crippen LogP contribution in [-0.4, -0.2) is 0 Å². The SMILES string of the molecule is Cc1ccc(C(Br)c2ccccc2)c(C)c1. The summed E-state index contributed by atoms with van der Waals surface area (Å²) < 4.78 is 0. The number of hydrogen-bond donors (Lipinski definition) is 0. The summed E-state index contributed by atoms with van der Waals surface area (Å²) in [4.78, 5) is 0.286. The van der Waals surface area contributed by atoms with E-state index in [9.17, 15) is 0 Å². The van der Waals surface area contributed by atoms with Crippen molar-refractivity contribution >= 4 is 15.9 Å². The van der Waals surface area contributed by atoms with Crippen LogP contribution in [0.4, 0.5) is 0 Å². The summed E-state index contributed by atoms with van der Waals surface area (Å²) in [5.41, 5.74) is 5.30. The van der Waals surface area contributed by atoms with Gasteiger partial charge in [-0.25, -0.2) is 0 Å². The molecule has 2 aromatic rings. The first kappa shape index (κ1) is 11.4. The highest BCUT2D eigenvalue weighted by atomic mass is 79.9. The predicted octanol–water partition coefficient (Wildman–Crippen LogP) is 4.79. The smallest absolute Gasteiger partial charge is 0.0647 e. The first-order chi connectivity index (χ1) is 7.68. The van der Waals surface area contributed by atoms with Crippen molar-refractivity contribution in [2.75, 3.05) is 0 Å². The molecule has 16 heavy (non-hydrogen) atoms. The maximum Gasteiger partial charge on any atom is 0.0647 e. The second kappa shape index (κ2) is 4.84. The Labute approximate surface area is 105 Å². The van der Waals surface area contributed by atoms with E-state index in [4.69, 9.17) is 0 Å². The molecular formula is C15H15Br. The van der Waals surface area contributed by atoms with Crippen molar-refractivity contribution in [2.45, 2.75) is 18.7 Å². The lowest BCUT2D eigenvalue weighted by molar-refractivity contribution is 1.14. The minimum Gasteiger partial charge on any atom is -0.0786 e. The summed E-state index contributed by atoms with van der Waals surface area (Å²) in [6.07, 6.45) is 0. The molecule has 0 aliphatic rings. The quantitative estimate of drug-likeness (QED) is 0.691. The standard InChI is InChI=1S/C15H15Br/c1-11-8-9-14(12(2)10-11)15(16)13-6-4-3-5-7-13/h3-10,15H,1-2H3. The number of benzene rings is 2. The maximum absolute atomic E-state index is 3.77. The van der Waals surface area contributed by atoms with E-state index in [-0.39, 0.29) is 4.83 Å². The summed E-state index contributed by atoms with van der Waals surface area (Å²) >= 11 is 3.77. The fraction of sp³-hybridized carbons (Fsp3) is 0.200. The molecule has 0 heterocycles. The Morgan fingerprint density at radius 1 is 0.938 bits per heavy atom. The van der Waals surface area contributed by atoms with Gasteiger partial charge in [-0.05, 0) is 30.5 Å². The Bertz CT molecular complexity index is 474. The molecule has 0 nitrogen and oxygen atoms in total. The van der Waals surface area contributed by atoms with E-state index in [1.165, 1.54) is 22.3 Å². The van der Waals surface area contributed by atoms with Gasteiger partial charge in [0.05, 0.1) is 4.83 Å². The van der Waals surface area contributed by atoms with Gasteiger partial charge in [-0.15, -0.1) is 0 Å². The van der Waals surface area contributed by atoms with Gasteiger partial charge in [0.2, 0.25) is 0 Å². The minimum absolute atomic E-state index is 0.286. The molecule has 1 heteroatoms. The van der Waals surface area contributed by atoms with Crippen molar-refractivity contribution in [3.05, 3.63) is 70.8 Å². The zero-order chi connectivity index (χ0) is 11.5. The molecule has 0 saturated carbocycles. The lowest BCUT2D eigenvalue weighted by Gasteiger charge is -2.14. The van der Waals surface area contributed by atoms with Crippen LogP contribution in [0.3, 0.4) is 0 Å². The third kappa shape index (κ3) is 2.35. The molecule has 0 N–H and O–H groups in total. The Kier molecular flexibility index (Phi) is 3.45. The zero-order valence-electron chi connectivity index (χ0n) is 9.57. The lowest BCUT2D eigenvalue weighted by atomic mass is 9.99. The largest absolute Gasteiger partial charge is 0.0786 e. The van der Waals surface area contributed by atoms with Gasteiger partial charge in [-0.3, -0.25) is 0 Å². The van der Waals surface area contributed by atoms with Gasteiger partial charge in [-0.2, -0.15) is 0 Å². The number of alkyl halides is 1. The second-order valence-corrected chi connectivity index (χ2v) is 5.05. The molecule has 0 aliphatic heterocycles. The van der Waals surface area contributed by atoms with Crippen LogP contribution in [0.15, 0.2) is 48.5 Å². The molecule has 0 spiro atoms. The first-order valence-electron chi connectivity index (χ1n) is 5.44. The van der Waals surface area contributed by atoms with Crippen molar-refractivity contribution in [2.24, 2.45) is 0 Å². The van der Waals surface area contributed by atoms with Crippen molar-refractivity contribution in [1.82, 2.24) is 0 Å². The second-order valence-electron chi connectivity index (χ2n) is 4.13. The molecule has 0 fully saturated rings. The number of halogens is 1. The average molecular weight is 275 g/mol. The van der Waals surface area contributed by atoms with E-state index >= 15 is 0 Å². The van der Waals surface area contributed by atoms with Crippen LogP contribution in [0.5, 0.6) is 0 Å². The van der Waals surface area contributed by atoms with Gasteiger partial charge in [-0.1, -0.05) is 70.0 Å². The van der Waals surface area contributed by atoms with E-state index in [0.29, 0.717) is 0 Å². The van der Waals surface area contributed by atoms with Gasteiger partial charge in [0.1, 0.15) is 0 Å². The molecule has 2 aromatic carbocycles. The Morgan fingerprint density at radius 2 is 1.62 bits per heavy atom. The van der Waals surface area contributed by atoms with Crippen molar-refractivity contribution < 1.29 is 0 Å². The molecule has 0 aliphatic carbocycles. The molecule has 2 rings (SSSR count). The highest BCUT2D eigenvalue weighted by molar-refractivity contribution is 9.09. The molecule has 0 amide bonds. The van der Waals surface area contributed by atoms with Crippen LogP contribution < -0.4 is 0 Å². The molecule has 0 bridgehead atoms. The predicted molar refractivity (Wildman–Crippen MR) is 73.1 cm³/mol. The molecule has 0 radical (unpaired) electrons. The summed E-state index contributed by atoms with van der Waals surface area (Å²) in [5.74, 6) is 0. The fourth-order valence-electron chi connectivity index (χ4n) is 1.91. The summed E-state index contributed by atoms with van der Waals surface area (Å²) in [6.45, 7) is 4.29. The number of hydrogen-bond acceptors (Lipinski definition) is 0. The van der Waals surface area contributed by atoms with Gasteiger partial charge < -0.3 is 0 Å². The Hall–Kier alpha value is -1.08. The topological polar surface area (TPSA) is 0 Å². The molecule has 1 atom stereocenters. The van der Waals surface area contributed by atoms with Crippen LogP contribution >= 0.6 is 15.9 Å². The van der Waals surface area contributed by atoms with E-state index in [2.05, 4.69) is 72.2 Å². The summed E-state index contributed by atoms with van der Waals surface area (Å²) in [7, 11) is 0. The van der Waals surface area contributed by atoms with Crippen LogP contribution in [0.25, 0.3) is 0 Å². The van der Waals surface area contributed by atoms with Gasteiger partial charge in [0, 0.05) is 0 Å². The zero-order valence-corrected chi connectivity index (χ0v) is 11.2. The van der Waals surface area contributed by atoms with E-state index in [1.54, 1.807) is 0 Å². The van der Waals surface area contributed by atoms with E-state index in [0.717, 1.165) is 0 Å². The van der Waals surface area contributed by atoms with Crippen molar-refractivity contribution in [3.8, 4) is 0 Å². The lowest BCUT2D eigenvalue weighted by Crippen LogP contribution is -1.95. The van der Waals surface area contributed by atoms with Crippen molar-refractivity contribution in [3.63, 3.8) is 0 Å². The van der Waals surface area contributed by atoms with E-state index < -0.39 is 0 Å². The Morgan fingerprint density at radius 3 is 2.25 bits per heavy atom. The third-order valence-electron chi connectivity index (χ3n) is 2.79. The van der Waals surface area contributed by atoms with Gasteiger partial charge >= 0.3 is 0 Å². The molecule has 0 saturated heterocycles. The monoisotopic (exact) mass is 274 g/mol.